The first-order valence-corrected chi connectivity index (χ1v) is 4.82. The van der Waals surface area contributed by atoms with Crippen molar-refractivity contribution in [1.82, 2.24) is 0 Å². The van der Waals surface area contributed by atoms with E-state index in [2.05, 4.69) is 5.32 Å². The molecular weight excluding hydrogens is 194 g/mol. The van der Waals surface area contributed by atoms with Crippen molar-refractivity contribution in [2.24, 2.45) is 0 Å². The maximum absolute atomic E-state index is 11.2. The van der Waals surface area contributed by atoms with Gasteiger partial charge >= 0.3 is 5.97 Å². The van der Waals surface area contributed by atoms with Gasteiger partial charge < -0.3 is 15.2 Å². The number of hydrogen-bond donors (Lipinski definition) is 2. The second-order valence-electron chi connectivity index (χ2n) is 3.08. The number of benzene rings is 1. The molecule has 0 aliphatic carbocycles. The van der Waals surface area contributed by atoms with E-state index in [4.69, 9.17) is 4.74 Å². The minimum absolute atomic E-state index is 0.101. The summed E-state index contributed by atoms with van der Waals surface area (Å²) in [5.41, 5.74) is 1.38. The van der Waals surface area contributed by atoms with E-state index in [1.54, 1.807) is 32.2 Å². The summed E-state index contributed by atoms with van der Waals surface area (Å²) in [6.45, 7) is 2.11. The van der Waals surface area contributed by atoms with E-state index in [0.29, 0.717) is 12.2 Å². The van der Waals surface area contributed by atoms with E-state index in [-0.39, 0.29) is 18.1 Å². The van der Waals surface area contributed by atoms with Gasteiger partial charge in [-0.1, -0.05) is 6.07 Å². The van der Waals surface area contributed by atoms with E-state index >= 15 is 0 Å². The molecule has 0 unspecified atom stereocenters. The lowest BCUT2D eigenvalue weighted by Crippen LogP contribution is -2.07. The first kappa shape index (κ1) is 11.4. The molecule has 0 aliphatic rings. The van der Waals surface area contributed by atoms with Crippen molar-refractivity contribution in [2.75, 3.05) is 19.0 Å². The number of esters is 1. The monoisotopic (exact) mass is 209 g/mol. The molecule has 0 bridgehead atoms. The van der Waals surface area contributed by atoms with Crippen molar-refractivity contribution in [2.45, 2.75) is 13.3 Å². The first-order chi connectivity index (χ1) is 7.17. The lowest BCUT2D eigenvalue weighted by molar-refractivity contribution is -0.142. The molecule has 0 amide bonds. The van der Waals surface area contributed by atoms with Crippen LogP contribution in [0.5, 0.6) is 5.75 Å². The van der Waals surface area contributed by atoms with Gasteiger partial charge in [0.1, 0.15) is 5.75 Å². The molecule has 0 radical (unpaired) electrons. The normalized spacial score (nSPS) is 9.73. The number of nitrogens with one attached hydrogen (secondary N) is 1. The summed E-state index contributed by atoms with van der Waals surface area (Å²) in [5.74, 6) is -0.222. The molecule has 0 saturated heterocycles. The summed E-state index contributed by atoms with van der Waals surface area (Å²) in [5, 5.41) is 12.5. The van der Waals surface area contributed by atoms with E-state index in [1.807, 2.05) is 0 Å². The third kappa shape index (κ3) is 3.16. The summed E-state index contributed by atoms with van der Waals surface area (Å²) in [4.78, 5) is 11.2. The average Bonchev–Trinajstić information content (AvgIpc) is 2.21. The van der Waals surface area contributed by atoms with Crippen LogP contribution in [-0.4, -0.2) is 24.7 Å². The van der Waals surface area contributed by atoms with E-state index in [0.717, 1.165) is 5.69 Å². The minimum Gasteiger partial charge on any atom is -0.508 e. The number of rotatable bonds is 4. The van der Waals surface area contributed by atoms with Crippen LogP contribution in [0.1, 0.15) is 12.5 Å². The Morgan fingerprint density at radius 3 is 2.80 bits per heavy atom. The molecular formula is C11H15NO3. The molecule has 1 rings (SSSR count). The highest BCUT2D eigenvalue weighted by Crippen LogP contribution is 2.22. The van der Waals surface area contributed by atoms with Gasteiger partial charge in [-0.15, -0.1) is 0 Å². The predicted octanol–water partition coefficient (Wildman–Crippen LogP) is 1.54. The van der Waals surface area contributed by atoms with Crippen molar-refractivity contribution in [3.63, 3.8) is 0 Å². The second-order valence-corrected chi connectivity index (χ2v) is 3.08. The minimum atomic E-state index is -0.329. The quantitative estimate of drug-likeness (QED) is 0.738. The van der Waals surface area contributed by atoms with Gasteiger partial charge in [-0.05, 0) is 13.0 Å². The molecule has 0 fully saturated rings. The van der Waals surface area contributed by atoms with Crippen LogP contribution >= 0.6 is 0 Å². The van der Waals surface area contributed by atoms with Crippen molar-refractivity contribution in [3.05, 3.63) is 23.8 Å². The summed E-state index contributed by atoms with van der Waals surface area (Å²) < 4.78 is 4.79. The molecule has 15 heavy (non-hydrogen) atoms. The van der Waals surface area contributed by atoms with Crippen LogP contribution in [-0.2, 0) is 16.0 Å². The molecule has 4 heteroatoms. The predicted molar refractivity (Wildman–Crippen MR) is 58.0 cm³/mol. The Morgan fingerprint density at radius 2 is 2.27 bits per heavy atom. The van der Waals surface area contributed by atoms with Gasteiger partial charge in [0, 0.05) is 24.4 Å². The highest BCUT2D eigenvalue weighted by Gasteiger charge is 2.08. The number of carbonyl (C=O) groups excluding carboxylic acids is 1. The number of ether oxygens (including phenoxy) is 1. The first-order valence-electron chi connectivity index (χ1n) is 4.82. The third-order valence-corrected chi connectivity index (χ3v) is 2.01. The standard InChI is InChI=1S/C11H15NO3/c1-3-15-11(14)6-8-4-5-9(12-2)7-10(8)13/h4-5,7,12-13H,3,6H2,1-2H3. The number of phenols is 1. The Hall–Kier alpha value is -1.71. The Labute approximate surface area is 88.9 Å². The van der Waals surface area contributed by atoms with Gasteiger partial charge in [0.2, 0.25) is 0 Å². The molecule has 82 valence electrons. The van der Waals surface area contributed by atoms with Crippen molar-refractivity contribution < 1.29 is 14.6 Å². The average molecular weight is 209 g/mol. The summed E-state index contributed by atoms with van der Waals surface area (Å²) >= 11 is 0. The van der Waals surface area contributed by atoms with Crippen LogP contribution in [0.2, 0.25) is 0 Å². The Kier molecular flexibility index (Phi) is 3.97. The molecule has 4 nitrogen and oxygen atoms in total. The Bertz CT molecular complexity index is 350. The van der Waals surface area contributed by atoms with Gasteiger partial charge in [-0.25, -0.2) is 0 Å². The largest absolute Gasteiger partial charge is 0.508 e. The lowest BCUT2D eigenvalue weighted by Gasteiger charge is -2.06. The maximum atomic E-state index is 11.2. The number of aromatic hydroxyl groups is 1. The van der Waals surface area contributed by atoms with Crippen molar-refractivity contribution in [3.8, 4) is 5.75 Å². The van der Waals surface area contributed by atoms with Gasteiger partial charge in [-0.2, -0.15) is 0 Å². The van der Waals surface area contributed by atoms with Gasteiger partial charge in [0.15, 0.2) is 0 Å². The molecule has 0 aliphatic heterocycles. The van der Waals surface area contributed by atoms with Crippen LogP contribution in [0.3, 0.4) is 0 Å². The Balaban J connectivity index is 2.73. The van der Waals surface area contributed by atoms with Crippen LogP contribution in [0.25, 0.3) is 0 Å². The molecule has 1 aromatic rings. The maximum Gasteiger partial charge on any atom is 0.310 e. The smallest absolute Gasteiger partial charge is 0.310 e. The van der Waals surface area contributed by atoms with E-state index in [1.165, 1.54) is 0 Å². The Morgan fingerprint density at radius 1 is 1.53 bits per heavy atom. The van der Waals surface area contributed by atoms with Crippen molar-refractivity contribution in [1.29, 1.82) is 0 Å². The molecule has 2 N–H and O–H groups in total. The third-order valence-electron chi connectivity index (χ3n) is 2.01. The zero-order valence-corrected chi connectivity index (χ0v) is 8.91. The number of anilines is 1. The van der Waals surface area contributed by atoms with Gasteiger partial charge in [-0.3, -0.25) is 4.79 Å². The fourth-order valence-electron chi connectivity index (χ4n) is 1.24. The zero-order chi connectivity index (χ0) is 11.3. The molecule has 0 saturated carbocycles. The highest BCUT2D eigenvalue weighted by molar-refractivity contribution is 5.74. The summed E-state index contributed by atoms with van der Waals surface area (Å²) in [7, 11) is 1.76. The fraction of sp³-hybridized carbons (Fsp3) is 0.364. The van der Waals surface area contributed by atoms with Crippen LogP contribution in [0.15, 0.2) is 18.2 Å². The van der Waals surface area contributed by atoms with Crippen LogP contribution in [0, 0.1) is 0 Å². The van der Waals surface area contributed by atoms with Crippen LogP contribution in [0.4, 0.5) is 5.69 Å². The lowest BCUT2D eigenvalue weighted by atomic mass is 10.1. The van der Waals surface area contributed by atoms with E-state index < -0.39 is 0 Å². The molecule has 0 heterocycles. The fourth-order valence-corrected chi connectivity index (χ4v) is 1.24. The van der Waals surface area contributed by atoms with E-state index in [9.17, 15) is 9.90 Å². The highest BCUT2D eigenvalue weighted by atomic mass is 16.5. The van der Waals surface area contributed by atoms with Gasteiger partial charge in [0.05, 0.1) is 13.0 Å². The number of hydrogen-bond acceptors (Lipinski definition) is 4. The summed E-state index contributed by atoms with van der Waals surface area (Å²) in [6, 6.07) is 5.08. The molecule has 0 spiro atoms. The van der Waals surface area contributed by atoms with Crippen molar-refractivity contribution >= 4 is 11.7 Å². The van der Waals surface area contributed by atoms with Crippen LogP contribution < -0.4 is 5.32 Å². The summed E-state index contributed by atoms with van der Waals surface area (Å²) in [6.07, 6.45) is 0.101. The second kappa shape index (κ2) is 5.24. The zero-order valence-electron chi connectivity index (χ0n) is 8.91. The van der Waals surface area contributed by atoms with Gasteiger partial charge in [0.25, 0.3) is 0 Å². The molecule has 1 aromatic carbocycles. The molecule has 0 aromatic heterocycles. The topological polar surface area (TPSA) is 58.6 Å². The number of carbonyl (C=O) groups is 1. The molecule has 0 atom stereocenters. The SMILES string of the molecule is CCOC(=O)Cc1ccc(NC)cc1O. The number of phenolic OH excluding ortho intramolecular Hbond substituents is 1.